The molecule has 3 aliphatic rings. The van der Waals surface area contributed by atoms with Crippen molar-refractivity contribution in [3.05, 3.63) is 85.1 Å². The number of aliphatic hydroxyl groups excluding tert-OH is 9. The fraction of sp³-hybridized carbons (Fsp3) is 0.667. The van der Waals surface area contributed by atoms with Gasteiger partial charge in [0.15, 0.2) is 12.1 Å². The van der Waals surface area contributed by atoms with Crippen molar-refractivity contribution in [2.75, 3.05) is 7.11 Å². The molecule has 66 heavy (non-hydrogen) atoms. The standard InChI is InChI=1S/C48H75NO17/c1-28-18-16-14-12-10-8-6-7-9-11-13-15-17-19-35(65-47-45(59)42(49)44(58)31(4)64-47)25-39-41(46(60)62-5)38(55)27-48(61,66-39)26-34(52)23-37(54)36(53)21-20-32(50)22-33(51)24-40(56)63-30(3)29(2)43(28)57/h6-19,28-39,41-45,47,50-55,57-59,61H,20-27,49H2,1-5H3/b7-6+,10-8+,11-9+,14-12-,15-13+,18-16+,19-17+/t28-,29-,30-,31+,32+,33+,34-,35-,36+,37+,38-,39-,41+,42-,43+,44+,45-,47-,48+/m0/s1. The molecule has 3 heterocycles. The molecule has 0 radical (unpaired) electrons. The summed E-state index contributed by atoms with van der Waals surface area (Å²) in [6, 6.07) is -1.13. The van der Waals surface area contributed by atoms with E-state index in [1.54, 1.807) is 75.5 Å². The van der Waals surface area contributed by atoms with Gasteiger partial charge in [0, 0.05) is 37.5 Å². The van der Waals surface area contributed by atoms with E-state index in [4.69, 9.17) is 29.4 Å². The van der Waals surface area contributed by atoms with Crippen molar-refractivity contribution in [1.82, 2.24) is 0 Å². The van der Waals surface area contributed by atoms with E-state index < -0.39 is 147 Å². The highest BCUT2D eigenvalue weighted by Gasteiger charge is 2.51. The summed E-state index contributed by atoms with van der Waals surface area (Å²) in [7, 11) is 1.12. The number of aliphatic hydroxyl groups is 10. The van der Waals surface area contributed by atoms with Crippen molar-refractivity contribution < 1.29 is 84.3 Å². The van der Waals surface area contributed by atoms with Crippen LogP contribution in [-0.2, 0) is 33.3 Å². The van der Waals surface area contributed by atoms with Gasteiger partial charge in [0.25, 0.3) is 0 Å². The van der Waals surface area contributed by atoms with Crippen LogP contribution in [0.15, 0.2) is 85.1 Å². The topological polar surface area (TPSA) is 309 Å². The van der Waals surface area contributed by atoms with E-state index >= 15 is 0 Å². The third kappa shape index (κ3) is 18.6. The van der Waals surface area contributed by atoms with Crippen molar-refractivity contribution in [1.29, 1.82) is 0 Å². The zero-order chi connectivity index (χ0) is 49.1. The number of hydrogen-bond donors (Lipinski definition) is 11. The Morgan fingerprint density at radius 3 is 1.83 bits per heavy atom. The first kappa shape index (κ1) is 56.9. The monoisotopic (exact) mass is 938 g/mol. The van der Waals surface area contributed by atoms with Crippen molar-refractivity contribution in [3.63, 3.8) is 0 Å². The number of carbonyl (C=O) groups excluding carboxylic acids is 2. The van der Waals surface area contributed by atoms with Crippen LogP contribution >= 0.6 is 0 Å². The summed E-state index contributed by atoms with van der Waals surface area (Å²) in [6.07, 6.45) is 4.50. The van der Waals surface area contributed by atoms with Crippen LogP contribution in [0.3, 0.4) is 0 Å². The molecule has 12 N–H and O–H groups in total. The highest BCUT2D eigenvalue weighted by Crippen LogP contribution is 2.38. The minimum atomic E-state index is -2.27. The van der Waals surface area contributed by atoms with Crippen molar-refractivity contribution in [3.8, 4) is 0 Å². The zero-order valence-electron chi connectivity index (χ0n) is 38.5. The maximum atomic E-state index is 13.1. The Balaban J connectivity index is 1.88. The first-order valence-corrected chi connectivity index (χ1v) is 22.7. The third-order valence-electron chi connectivity index (χ3n) is 12.2. The number of fused-ring (bicyclic) bond motifs is 2. The quantitative estimate of drug-likeness (QED) is 0.174. The van der Waals surface area contributed by atoms with Gasteiger partial charge in [-0.25, -0.2) is 0 Å². The second-order valence-electron chi connectivity index (χ2n) is 17.8. The number of carbonyl (C=O) groups is 2. The Kier molecular flexibility index (Phi) is 24.3. The lowest BCUT2D eigenvalue weighted by atomic mass is 9.82. The fourth-order valence-corrected chi connectivity index (χ4v) is 8.09. The van der Waals surface area contributed by atoms with Crippen LogP contribution in [0.25, 0.3) is 0 Å². The number of ether oxygens (including phenoxy) is 5. The van der Waals surface area contributed by atoms with Gasteiger partial charge in [0.05, 0.1) is 86.7 Å². The number of cyclic esters (lactones) is 1. The van der Waals surface area contributed by atoms with Crippen LogP contribution in [0.5, 0.6) is 0 Å². The lowest BCUT2D eigenvalue weighted by Crippen LogP contribution is -2.61. The van der Waals surface area contributed by atoms with Crippen LogP contribution in [0.2, 0.25) is 0 Å². The minimum Gasteiger partial charge on any atom is -0.469 e. The molecule has 0 amide bonds. The van der Waals surface area contributed by atoms with Crippen molar-refractivity contribution in [2.45, 2.75) is 177 Å². The molecule has 0 unspecified atom stereocenters. The molecule has 2 saturated heterocycles. The predicted octanol–water partition coefficient (Wildman–Crippen LogP) is 0.800. The molecular formula is C48H75NO17. The molecule has 0 saturated carbocycles. The maximum absolute atomic E-state index is 13.1. The van der Waals surface area contributed by atoms with Crippen LogP contribution in [-0.4, -0.2) is 168 Å². The average Bonchev–Trinajstić information content (AvgIpc) is 3.24. The maximum Gasteiger partial charge on any atom is 0.313 e. The van der Waals surface area contributed by atoms with Crippen LogP contribution in [0.1, 0.15) is 79.1 Å². The molecule has 0 aromatic carbocycles. The summed E-state index contributed by atoms with van der Waals surface area (Å²) in [5.41, 5.74) is 6.05. The second kappa shape index (κ2) is 28.1. The molecule has 3 aliphatic heterocycles. The SMILES string of the molecule is COC(=O)[C@H]1[C@@H]2C[C@@H](O[C@@H]3O[C@H](C)[C@@H](O)[C@H](N)[C@@H]3O)/C=C/C=C/C=C/C=C/C=C/C=C\C=C\[C@H](C)[C@@H](O)[C@@H](C)[C@H](C)OC(=O)C[C@H](O)C[C@H](O)CC[C@@H](O)[C@H](O)C[C@H](O)C[C@](O)(C[C@@H]1O)O2. The minimum absolute atomic E-state index is 0.0949. The summed E-state index contributed by atoms with van der Waals surface area (Å²) < 4.78 is 28.4. The van der Waals surface area contributed by atoms with E-state index in [2.05, 4.69) is 0 Å². The Bertz CT molecular complexity index is 1680. The van der Waals surface area contributed by atoms with Gasteiger partial charge >= 0.3 is 11.9 Å². The van der Waals surface area contributed by atoms with Gasteiger partial charge in [-0.05, 0) is 33.1 Å². The molecule has 374 valence electrons. The Labute approximate surface area is 387 Å². The number of nitrogens with two attached hydrogens (primary N) is 1. The van der Waals surface area contributed by atoms with Crippen molar-refractivity contribution in [2.24, 2.45) is 23.5 Å². The number of allylic oxidation sites excluding steroid dienone is 12. The summed E-state index contributed by atoms with van der Waals surface area (Å²) in [5, 5.41) is 109. The first-order chi connectivity index (χ1) is 31.2. The molecule has 3 rings (SSSR count). The van der Waals surface area contributed by atoms with Gasteiger partial charge in [0.1, 0.15) is 18.1 Å². The Hall–Kier alpha value is -3.44. The summed E-state index contributed by atoms with van der Waals surface area (Å²) in [4.78, 5) is 25.7. The average molecular weight is 938 g/mol. The number of esters is 2. The van der Waals surface area contributed by atoms with Crippen LogP contribution < -0.4 is 5.73 Å². The van der Waals surface area contributed by atoms with Gasteiger partial charge in [-0.2, -0.15) is 0 Å². The smallest absolute Gasteiger partial charge is 0.313 e. The molecule has 0 aliphatic carbocycles. The molecule has 18 heteroatoms. The predicted molar refractivity (Wildman–Crippen MR) is 241 cm³/mol. The molecule has 0 spiro atoms. The Morgan fingerprint density at radius 2 is 1.24 bits per heavy atom. The van der Waals surface area contributed by atoms with E-state index in [1.807, 2.05) is 37.3 Å². The summed E-state index contributed by atoms with van der Waals surface area (Å²) >= 11 is 0. The summed E-state index contributed by atoms with van der Waals surface area (Å²) in [5.74, 6) is -5.93. The summed E-state index contributed by atoms with van der Waals surface area (Å²) in [6.45, 7) is 6.78. The van der Waals surface area contributed by atoms with Crippen LogP contribution in [0.4, 0.5) is 0 Å². The van der Waals surface area contributed by atoms with E-state index in [1.165, 1.54) is 0 Å². The molecule has 0 aromatic rings. The zero-order valence-corrected chi connectivity index (χ0v) is 38.5. The second-order valence-corrected chi connectivity index (χ2v) is 17.8. The van der Waals surface area contributed by atoms with E-state index in [9.17, 15) is 60.7 Å². The van der Waals surface area contributed by atoms with Gasteiger partial charge in [-0.3, -0.25) is 9.59 Å². The third-order valence-corrected chi connectivity index (χ3v) is 12.2. The molecule has 19 atom stereocenters. The van der Waals surface area contributed by atoms with Gasteiger partial charge < -0.3 is 80.5 Å². The normalized spacial score (nSPS) is 44.9. The van der Waals surface area contributed by atoms with Gasteiger partial charge in [-0.1, -0.05) is 98.9 Å². The largest absolute Gasteiger partial charge is 0.469 e. The highest BCUT2D eigenvalue weighted by molar-refractivity contribution is 5.74. The molecule has 0 aromatic heterocycles. The van der Waals surface area contributed by atoms with Crippen molar-refractivity contribution >= 4 is 11.9 Å². The van der Waals surface area contributed by atoms with E-state index in [-0.39, 0.29) is 31.6 Å². The number of hydrogen-bond acceptors (Lipinski definition) is 18. The Morgan fingerprint density at radius 1 is 0.667 bits per heavy atom. The molecular weight excluding hydrogens is 863 g/mol. The number of methoxy groups -OCH3 is 1. The first-order valence-electron chi connectivity index (χ1n) is 22.7. The van der Waals surface area contributed by atoms with Gasteiger partial charge in [0.2, 0.25) is 0 Å². The van der Waals surface area contributed by atoms with Crippen LogP contribution in [0, 0.1) is 17.8 Å². The number of rotatable bonds is 3. The fourth-order valence-electron chi connectivity index (χ4n) is 8.09. The lowest BCUT2D eigenvalue weighted by molar-refractivity contribution is -0.308. The molecule has 2 bridgehead atoms. The van der Waals surface area contributed by atoms with Gasteiger partial charge in [-0.15, -0.1) is 0 Å². The van der Waals surface area contributed by atoms with E-state index in [0.717, 1.165) is 7.11 Å². The lowest BCUT2D eigenvalue weighted by Gasteiger charge is -2.45. The highest BCUT2D eigenvalue weighted by atomic mass is 16.7. The van der Waals surface area contributed by atoms with E-state index in [0.29, 0.717) is 0 Å². The molecule has 2 fully saturated rings. The molecule has 18 nitrogen and oxygen atoms in total.